The second-order valence-corrected chi connectivity index (χ2v) is 31.1. The molecule has 4 aliphatic rings. The molecule has 5 heterocycles. The van der Waals surface area contributed by atoms with Gasteiger partial charge < -0.3 is 51.4 Å². The average Bonchev–Trinajstić information content (AvgIpc) is 0.952. The summed E-state index contributed by atoms with van der Waals surface area (Å²) >= 11 is 1.40. The number of amides is 9. The number of nitrogens with zero attached hydrogens (tertiary/aromatic N) is 7. The molecule has 0 radical (unpaired) electrons. The van der Waals surface area contributed by atoms with Gasteiger partial charge in [-0.1, -0.05) is 94.7 Å². The van der Waals surface area contributed by atoms with Crippen molar-refractivity contribution in [3.8, 4) is 11.1 Å². The van der Waals surface area contributed by atoms with Crippen molar-refractivity contribution < 1.29 is 70.7 Å². The van der Waals surface area contributed by atoms with Gasteiger partial charge >= 0.3 is 18.1 Å². The summed E-state index contributed by atoms with van der Waals surface area (Å²) in [6, 6.07) is 20.4. The second kappa shape index (κ2) is 33.9. The molecule has 10 rings (SSSR count). The molecule has 3 unspecified atom stereocenters. The van der Waals surface area contributed by atoms with Crippen molar-refractivity contribution in [3.63, 3.8) is 0 Å². The number of unbranched alkanes of at least 4 members (excludes halogenated alkanes) is 2. The molecular formula is C74H93N13O15S2. The van der Waals surface area contributed by atoms with E-state index in [4.69, 9.17) is 25.3 Å². The highest BCUT2D eigenvalue weighted by Gasteiger charge is 2.55. The van der Waals surface area contributed by atoms with Crippen molar-refractivity contribution in [3.05, 3.63) is 131 Å². The SMILES string of the molecule is CCCC1(OCCN(CCS(=O)(=O)O)C(=O)OCc2ccc(NC(=O)[C@H](CCCNC(N)=O)NC(=O)[C@@H](NC(=O)CCCCCN3C(=O)C=CC3=O)C(C)C)cc2)CC2(C)CCCC(Cn3ncc(-c4ccc(N5CCc6cccc(C(=O)Nc7nc8ccccc8s7)c6C5)nc4C(=O)O)c3C)(C2)C1. The lowest BCUT2D eigenvalue weighted by atomic mass is 9.51. The number of para-hydroxylation sites is 1. The van der Waals surface area contributed by atoms with E-state index in [-0.39, 0.29) is 92.3 Å². The van der Waals surface area contributed by atoms with Gasteiger partial charge in [-0.05, 0) is 153 Å². The maximum absolute atomic E-state index is 14.0. The third kappa shape index (κ3) is 19.8. The predicted molar refractivity (Wildman–Crippen MR) is 391 cm³/mol. The van der Waals surface area contributed by atoms with Gasteiger partial charge in [-0.2, -0.15) is 13.5 Å². The lowest BCUT2D eigenvalue weighted by Crippen LogP contribution is -2.54. The number of carbonyl (C=O) groups is 9. The number of hydrogen-bond acceptors (Lipinski definition) is 18. The summed E-state index contributed by atoms with van der Waals surface area (Å²) in [4.78, 5) is 131. The molecule has 9 amide bonds. The highest BCUT2D eigenvalue weighted by molar-refractivity contribution is 7.85. The first kappa shape index (κ1) is 77.0. The van der Waals surface area contributed by atoms with Gasteiger partial charge in [0.1, 0.15) is 24.5 Å². The van der Waals surface area contributed by atoms with Crippen LogP contribution >= 0.6 is 11.3 Å². The van der Waals surface area contributed by atoms with Gasteiger partial charge in [0.05, 0.1) is 34.4 Å². The number of carboxylic acid groups (broad SMARTS) is 1. The topological polar surface area (TPSA) is 386 Å². The van der Waals surface area contributed by atoms with Crippen LogP contribution in [0.15, 0.2) is 97.2 Å². The summed E-state index contributed by atoms with van der Waals surface area (Å²) in [5.41, 5.74) is 9.86. The molecule has 5 atom stereocenters. The number of hydrogen-bond donors (Lipinski definition) is 8. The third-order valence-corrected chi connectivity index (χ3v) is 21.7. The first-order chi connectivity index (χ1) is 49.6. The van der Waals surface area contributed by atoms with Crippen LogP contribution in [0.5, 0.6) is 0 Å². The summed E-state index contributed by atoms with van der Waals surface area (Å²) in [6.45, 7) is 10.8. The number of benzene rings is 3. The summed E-state index contributed by atoms with van der Waals surface area (Å²) in [5, 5.41) is 30.0. The number of thiazole rings is 1. The first-order valence-electron chi connectivity index (χ1n) is 35.5. The molecule has 3 aromatic carbocycles. The number of carbonyl (C=O) groups excluding carboxylic acids is 8. The Kier molecular flexibility index (Phi) is 25.1. The number of urea groups is 1. The predicted octanol–water partition coefficient (Wildman–Crippen LogP) is 9.32. The molecule has 2 saturated carbocycles. The monoisotopic (exact) mass is 1470 g/mol. The van der Waals surface area contributed by atoms with E-state index < -0.39 is 75.9 Å². The molecule has 28 nitrogen and oxygen atoms in total. The molecule has 2 aliphatic heterocycles. The van der Waals surface area contributed by atoms with Crippen LogP contribution in [0.25, 0.3) is 21.3 Å². The summed E-state index contributed by atoms with van der Waals surface area (Å²) in [6.07, 6.45) is 12.4. The van der Waals surface area contributed by atoms with Crippen LogP contribution in [-0.2, 0) is 69.7 Å². The molecule has 3 aromatic heterocycles. The Balaban J connectivity index is 0.753. The maximum atomic E-state index is 14.0. The van der Waals surface area contributed by atoms with Gasteiger partial charge in [-0.15, -0.1) is 0 Å². The number of ether oxygens (including phenoxy) is 2. The molecule has 0 saturated heterocycles. The molecular weight excluding hydrogens is 1380 g/mol. The van der Waals surface area contributed by atoms with Crippen molar-refractivity contribution >= 4 is 102 Å². The molecule has 9 N–H and O–H groups in total. The van der Waals surface area contributed by atoms with E-state index in [9.17, 15) is 61.2 Å². The lowest BCUT2D eigenvalue weighted by molar-refractivity contribution is -0.167. The molecule has 6 aromatic rings. The number of aromatic nitrogens is 4. The Labute approximate surface area is 608 Å². The van der Waals surface area contributed by atoms with Crippen molar-refractivity contribution in [2.24, 2.45) is 22.5 Å². The fraction of sp³-hybridized carbons (Fsp3) is 0.486. The summed E-state index contributed by atoms with van der Waals surface area (Å²) in [5.74, 6) is -4.53. The molecule has 556 valence electrons. The van der Waals surface area contributed by atoms with Gasteiger partial charge in [0, 0.05) is 92.5 Å². The zero-order valence-corrected chi connectivity index (χ0v) is 61.0. The van der Waals surface area contributed by atoms with Crippen molar-refractivity contribution in [2.45, 2.75) is 168 Å². The number of primary amides is 1. The number of aromatic carboxylic acids is 1. The van der Waals surface area contributed by atoms with Gasteiger partial charge in [-0.25, -0.2) is 24.4 Å². The second-order valence-electron chi connectivity index (χ2n) is 28.5. The van der Waals surface area contributed by atoms with Gasteiger partial charge in [-0.3, -0.25) is 48.2 Å². The quantitative estimate of drug-likeness (QED) is 0.0106. The molecule has 104 heavy (non-hydrogen) atoms. The van der Waals surface area contributed by atoms with Crippen LogP contribution in [0, 0.1) is 23.7 Å². The highest BCUT2D eigenvalue weighted by atomic mass is 32.2. The number of rotatable bonds is 34. The fourth-order valence-corrected chi connectivity index (χ4v) is 16.6. The Morgan fingerprint density at radius 3 is 2.34 bits per heavy atom. The van der Waals surface area contributed by atoms with Gasteiger partial charge in [0.15, 0.2) is 10.8 Å². The number of pyridine rings is 1. The molecule has 2 fully saturated rings. The van der Waals surface area contributed by atoms with E-state index >= 15 is 0 Å². The van der Waals surface area contributed by atoms with E-state index in [0.29, 0.717) is 97.0 Å². The first-order valence-corrected chi connectivity index (χ1v) is 37.9. The van der Waals surface area contributed by atoms with E-state index in [0.717, 1.165) is 70.5 Å². The Hall–Kier alpha value is -9.65. The minimum Gasteiger partial charge on any atom is -0.476 e. The maximum Gasteiger partial charge on any atom is 0.410 e. The number of anilines is 3. The van der Waals surface area contributed by atoms with Crippen LogP contribution in [0.2, 0.25) is 0 Å². The van der Waals surface area contributed by atoms with Crippen LogP contribution in [-0.4, -0.2) is 164 Å². The Morgan fingerprint density at radius 1 is 0.846 bits per heavy atom. The number of imide groups is 1. The van der Waals surface area contributed by atoms with E-state index in [2.05, 4.69) is 45.4 Å². The molecule has 2 bridgehead atoms. The number of fused-ring (bicyclic) bond motifs is 4. The minimum absolute atomic E-state index is 0.0169. The van der Waals surface area contributed by atoms with Crippen LogP contribution < -0.4 is 37.2 Å². The van der Waals surface area contributed by atoms with Crippen molar-refractivity contribution in [2.75, 3.05) is 60.6 Å². The Morgan fingerprint density at radius 2 is 1.62 bits per heavy atom. The number of nitrogens with two attached hydrogens (primary N) is 1. The zero-order chi connectivity index (χ0) is 74.5. The molecule has 30 heteroatoms. The van der Waals surface area contributed by atoms with Crippen LogP contribution in [0.1, 0.15) is 161 Å². The molecule has 2 aliphatic carbocycles. The fourth-order valence-electron chi connectivity index (χ4n) is 15.3. The average molecular weight is 1470 g/mol. The number of nitrogens with one attached hydrogen (secondary N) is 5. The largest absolute Gasteiger partial charge is 0.476 e. The minimum atomic E-state index is -4.52. The summed E-state index contributed by atoms with van der Waals surface area (Å²) < 4.78 is 49.8. The van der Waals surface area contributed by atoms with E-state index in [1.165, 1.54) is 28.4 Å². The summed E-state index contributed by atoms with van der Waals surface area (Å²) in [7, 11) is -4.52. The van der Waals surface area contributed by atoms with E-state index in [1.54, 1.807) is 56.4 Å². The number of carboxylic acids is 1. The lowest BCUT2D eigenvalue weighted by Gasteiger charge is -2.58. The third-order valence-electron chi connectivity index (χ3n) is 20.0. The highest BCUT2D eigenvalue weighted by Crippen LogP contribution is 2.61. The standard InChI is InChI=1S/C74H93N13O15S2/c1-6-30-74(44-72(5)31-14-32-73(43-72,45-74)46-87-48(4)54(40-77-87)52-25-26-59(81-64(52)68(94)95)85-35-29-50-15-12-16-53(55(50)41-85)65(91)83-70-80-56-17-9-10-19-58(56)103-70)102-38-36-84(37-39-104(98,99)100)71(97)101-42-49-21-23-51(24-22-49)78-66(92)57(18-13-33-76-69(75)96)79-67(93)63(47(2)3)82-60(88)20-8-7-11-34-86-61(89)27-28-62(86)90/h9-10,12,15-17,19,21-28,40,47,57,63H,6-8,11,13-14,18,20,29-39,41-46H2,1-5H3,(H,78,92)(H,79,93)(H,82,88)(H,94,95)(H3,75,76,96)(H,80,83,91)(H,98,99,100)/t57-,63-,72?,73?,74?/m0/s1. The van der Waals surface area contributed by atoms with Crippen molar-refractivity contribution in [1.82, 2.24) is 45.5 Å². The van der Waals surface area contributed by atoms with Gasteiger partial charge in [0.25, 0.3) is 27.8 Å². The van der Waals surface area contributed by atoms with Gasteiger partial charge in [0.2, 0.25) is 17.7 Å². The van der Waals surface area contributed by atoms with Crippen molar-refractivity contribution in [1.29, 1.82) is 0 Å². The molecule has 0 spiro atoms. The van der Waals surface area contributed by atoms with Crippen LogP contribution in [0.4, 0.5) is 26.2 Å². The van der Waals surface area contributed by atoms with E-state index in [1.807, 2.05) is 59.0 Å². The smallest absolute Gasteiger partial charge is 0.410 e. The normalized spacial score (nSPS) is 19.1. The Bertz CT molecular complexity index is 4280. The van der Waals surface area contributed by atoms with Crippen LogP contribution in [0.3, 0.4) is 0 Å². The zero-order valence-electron chi connectivity index (χ0n) is 59.4.